The Kier molecular flexibility index (Phi) is 6.27. The minimum atomic E-state index is -0.564. The van der Waals surface area contributed by atoms with Gasteiger partial charge in [0.2, 0.25) is 0 Å². The van der Waals surface area contributed by atoms with Crippen LogP contribution in [-0.2, 0) is 16.0 Å². The van der Waals surface area contributed by atoms with E-state index in [1.165, 1.54) is 22.3 Å². The minimum Gasteiger partial charge on any atom is -0.448 e. The van der Waals surface area contributed by atoms with Gasteiger partial charge in [-0.25, -0.2) is 13.6 Å². The number of halogens is 2. The molecule has 6 rings (SSSR count). The Labute approximate surface area is 215 Å². The molecule has 6 heteroatoms. The minimum absolute atomic E-state index is 0.00327. The standard InChI is InChI=1S/C31H29F2NO3/c32-21-12-13-29(33)19(14-21)17-30(35)20-15-22-6-5-7-23(16-20)34(22)31(36)37-18-28-26-10-3-1-8-24(26)25-9-2-4-11-27(25)28/h1-4,8-14,20,22-23,28H,5-7,15-18H2. The molecule has 2 saturated heterocycles. The second-order valence-corrected chi connectivity index (χ2v) is 10.5. The monoisotopic (exact) mass is 501 g/mol. The van der Waals surface area contributed by atoms with Gasteiger partial charge < -0.3 is 9.64 Å². The van der Waals surface area contributed by atoms with E-state index in [1.54, 1.807) is 0 Å². The van der Waals surface area contributed by atoms with Crippen LogP contribution in [0.15, 0.2) is 66.7 Å². The van der Waals surface area contributed by atoms with Crippen LogP contribution >= 0.6 is 0 Å². The molecule has 3 aliphatic rings. The largest absolute Gasteiger partial charge is 0.448 e. The Balaban J connectivity index is 1.13. The van der Waals surface area contributed by atoms with E-state index in [0.717, 1.165) is 37.5 Å². The molecule has 2 unspecified atom stereocenters. The van der Waals surface area contributed by atoms with E-state index in [-0.39, 0.29) is 54.4 Å². The Morgan fingerprint density at radius 3 is 2.14 bits per heavy atom. The predicted octanol–water partition coefficient (Wildman–Crippen LogP) is 6.66. The molecule has 0 aromatic heterocycles. The van der Waals surface area contributed by atoms with Crippen molar-refractivity contribution in [2.24, 2.45) is 5.92 Å². The summed E-state index contributed by atoms with van der Waals surface area (Å²) >= 11 is 0. The number of nitrogens with zero attached hydrogens (tertiary/aromatic N) is 1. The summed E-state index contributed by atoms with van der Waals surface area (Å²) in [5, 5.41) is 0. The fourth-order valence-corrected chi connectivity index (χ4v) is 6.62. The van der Waals surface area contributed by atoms with Gasteiger partial charge in [0.25, 0.3) is 0 Å². The average Bonchev–Trinajstić information content (AvgIpc) is 3.22. The Morgan fingerprint density at radius 1 is 0.865 bits per heavy atom. The number of carbonyl (C=O) groups excluding carboxylic acids is 2. The molecule has 2 fully saturated rings. The lowest BCUT2D eigenvalue weighted by Gasteiger charge is -2.47. The lowest BCUT2D eigenvalue weighted by atomic mass is 9.76. The molecule has 190 valence electrons. The van der Waals surface area contributed by atoms with Crippen LogP contribution in [0.5, 0.6) is 0 Å². The number of hydrogen-bond donors (Lipinski definition) is 0. The highest BCUT2D eigenvalue weighted by atomic mass is 19.1. The first-order valence-corrected chi connectivity index (χ1v) is 13.1. The van der Waals surface area contributed by atoms with Gasteiger partial charge in [-0.1, -0.05) is 48.5 Å². The number of rotatable bonds is 5. The Bertz CT molecular complexity index is 1300. The van der Waals surface area contributed by atoms with Crippen molar-refractivity contribution < 1.29 is 23.1 Å². The van der Waals surface area contributed by atoms with Crippen LogP contribution in [0.2, 0.25) is 0 Å². The van der Waals surface area contributed by atoms with Crippen LogP contribution in [0, 0.1) is 17.6 Å². The molecule has 0 saturated carbocycles. The molecule has 1 aliphatic carbocycles. The van der Waals surface area contributed by atoms with Crippen molar-refractivity contribution in [2.75, 3.05) is 6.61 Å². The number of amides is 1. The van der Waals surface area contributed by atoms with E-state index in [4.69, 9.17) is 4.74 Å². The second kappa shape index (κ2) is 9.73. The highest BCUT2D eigenvalue weighted by molar-refractivity contribution is 5.84. The predicted molar refractivity (Wildman–Crippen MR) is 136 cm³/mol. The maximum atomic E-state index is 14.1. The third kappa shape index (κ3) is 4.43. The molecule has 4 nitrogen and oxygen atoms in total. The Morgan fingerprint density at radius 2 is 1.49 bits per heavy atom. The number of Topliss-reactive ketones (excluding diaryl/α,β-unsaturated/α-hetero) is 1. The van der Waals surface area contributed by atoms with Crippen LogP contribution in [0.1, 0.15) is 54.7 Å². The highest BCUT2D eigenvalue weighted by Crippen LogP contribution is 2.45. The lowest BCUT2D eigenvalue weighted by Crippen LogP contribution is -2.56. The van der Waals surface area contributed by atoms with Gasteiger partial charge in [0.15, 0.2) is 0 Å². The third-order valence-corrected chi connectivity index (χ3v) is 8.35. The normalized spacial score (nSPS) is 22.3. The number of fused-ring (bicyclic) bond motifs is 5. The number of ketones is 1. The SMILES string of the molecule is O=C(Cc1cc(F)ccc1F)C1CC2CCCC(C1)N2C(=O)OCC1c2ccccc2-c2ccccc21. The summed E-state index contributed by atoms with van der Waals surface area (Å²) in [5.41, 5.74) is 4.81. The van der Waals surface area contributed by atoms with Crippen molar-refractivity contribution in [3.05, 3.63) is 95.1 Å². The molecule has 0 spiro atoms. The van der Waals surface area contributed by atoms with E-state index in [1.807, 2.05) is 29.2 Å². The first-order valence-electron chi connectivity index (χ1n) is 13.1. The molecular weight excluding hydrogens is 472 g/mol. The van der Waals surface area contributed by atoms with Gasteiger partial charge in [0, 0.05) is 30.3 Å². The van der Waals surface area contributed by atoms with Gasteiger partial charge in [-0.2, -0.15) is 0 Å². The van der Waals surface area contributed by atoms with Gasteiger partial charge in [-0.3, -0.25) is 4.79 Å². The van der Waals surface area contributed by atoms with Crippen molar-refractivity contribution in [3.63, 3.8) is 0 Å². The zero-order valence-corrected chi connectivity index (χ0v) is 20.5. The second-order valence-electron chi connectivity index (χ2n) is 10.5. The van der Waals surface area contributed by atoms with Gasteiger partial charge in [0.1, 0.15) is 24.0 Å². The quantitative estimate of drug-likeness (QED) is 0.393. The summed E-state index contributed by atoms with van der Waals surface area (Å²) in [6.45, 7) is 0.268. The zero-order valence-electron chi connectivity index (χ0n) is 20.5. The summed E-state index contributed by atoms with van der Waals surface area (Å²) in [6.07, 6.45) is 3.27. The van der Waals surface area contributed by atoms with Crippen LogP contribution in [0.4, 0.5) is 13.6 Å². The van der Waals surface area contributed by atoms with Gasteiger partial charge >= 0.3 is 6.09 Å². The summed E-state index contributed by atoms with van der Waals surface area (Å²) in [7, 11) is 0. The highest BCUT2D eigenvalue weighted by Gasteiger charge is 2.44. The summed E-state index contributed by atoms with van der Waals surface area (Å²) < 4.78 is 33.6. The summed E-state index contributed by atoms with van der Waals surface area (Å²) in [4.78, 5) is 28.3. The number of ether oxygens (including phenoxy) is 1. The van der Waals surface area contributed by atoms with Crippen molar-refractivity contribution in [3.8, 4) is 11.1 Å². The van der Waals surface area contributed by atoms with E-state index in [9.17, 15) is 18.4 Å². The molecule has 37 heavy (non-hydrogen) atoms. The maximum Gasteiger partial charge on any atom is 0.410 e. The van der Waals surface area contributed by atoms with Crippen molar-refractivity contribution in [1.82, 2.24) is 4.90 Å². The molecule has 1 amide bonds. The van der Waals surface area contributed by atoms with E-state index < -0.39 is 11.6 Å². The lowest BCUT2D eigenvalue weighted by molar-refractivity contribution is -0.126. The third-order valence-electron chi connectivity index (χ3n) is 8.35. The number of benzene rings is 3. The number of carbonyl (C=O) groups is 2. The molecule has 3 aromatic rings. The summed E-state index contributed by atoms with van der Waals surface area (Å²) in [5.74, 6) is -1.47. The number of hydrogen-bond acceptors (Lipinski definition) is 3. The first kappa shape index (κ1) is 23.8. The molecule has 2 atom stereocenters. The molecule has 2 heterocycles. The topological polar surface area (TPSA) is 46.6 Å². The van der Waals surface area contributed by atoms with Gasteiger partial charge in [0.05, 0.1) is 0 Å². The molecule has 2 bridgehead atoms. The van der Waals surface area contributed by atoms with E-state index in [2.05, 4.69) is 24.3 Å². The molecule has 0 radical (unpaired) electrons. The van der Waals surface area contributed by atoms with Crippen molar-refractivity contribution in [2.45, 2.75) is 56.5 Å². The molecule has 2 aliphatic heterocycles. The summed E-state index contributed by atoms with van der Waals surface area (Å²) in [6, 6.07) is 19.6. The first-order chi connectivity index (χ1) is 18.0. The van der Waals surface area contributed by atoms with Crippen molar-refractivity contribution in [1.29, 1.82) is 0 Å². The molecule has 0 N–H and O–H groups in total. The average molecular weight is 502 g/mol. The van der Waals surface area contributed by atoms with Crippen LogP contribution in [0.25, 0.3) is 11.1 Å². The van der Waals surface area contributed by atoms with Gasteiger partial charge in [-0.05, 0) is 78.1 Å². The van der Waals surface area contributed by atoms with Gasteiger partial charge in [-0.15, -0.1) is 0 Å². The number of piperidine rings is 2. The Hall–Kier alpha value is -3.54. The fourth-order valence-electron chi connectivity index (χ4n) is 6.62. The van der Waals surface area contributed by atoms with Crippen LogP contribution in [0.3, 0.4) is 0 Å². The van der Waals surface area contributed by atoms with Crippen LogP contribution < -0.4 is 0 Å². The van der Waals surface area contributed by atoms with E-state index >= 15 is 0 Å². The maximum absolute atomic E-state index is 14.1. The molecule has 3 aromatic carbocycles. The fraction of sp³-hybridized carbons (Fsp3) is 0.355. The molecular formula is C31H29F2NO3. The van der Waals surface area contributed by atoms with E-state index in [0.29, 0.717) is 12.8 Å². The zero-order chi connectivity index (χ0) is 25.5. The smallest absolute Gasteiger partial charge is 0.410 e. The van der Waals surface area contributed by atoms with Crippen molar-refractivity contribution >= 4 is 11.9 Å². The van der Waals surface area contributed by atoms with Crippen LogP contribution in [-0.4, -0.2) is 35.5 Å².